The monoisotopic (exact) mass is 372 g/mol. The number of pyridine rings is 1. The van der Waals surface area contributed by atoms with E-state index in [2.05, 4.69) is 24.1 Å². The van der Waals surface area contributed by atoms with Crippen molar-refractivity contribution in [2.24, 2.45) is 0 Å². The molecule has 0 aliphatic carbocycles. The minimum atomic E-state index is -4.57. The van der Waals surface area contributed by atoms with Crippen LogP contribution in [-0.4, -0.2) is 11.2 Å². The van der Waals surface area contributed by atoms with Gasteiger partial charge in [0.15, 0.2) is 0 Å². The predicted molar refractivity (Wildman–Crippen MR) is 94.9 cm³/mol. The fraction of sp³-hybridized carbons (Fsp3) is 0.389. The SMILES string of the molecule is CC1(C(F)(F)F)c2cc(Cl)ccc2Nc2c1cc[nH]c2=O.CCCC. The third kappa shape index (κ3) is 3.40. The van der Waals surface area contributed by atoms with Gasteiger partial charge in [0.2, 0.25) is 0 Å². The number of halogens is 4. The number of anilines is 2. The average molecular weight is 373 g/mol. The Kier molecular flexibility index (Phi) is 5.52. The van der Waals surface area contributed by atoms with Gasteiger partial charge < -0.3 is 10.3 Å². The van der Waals surface area contributed by atoms with Crippen LogP contribution >= 0.6 is 11.6 Å². The molecule has 1 aromatic heterocycles. The molecule has 0 bridgehead atoms. The summed E-state index contributed by atoms with van der Waals surface area (Å²) in [5.74, 6) is 0. The van der Waals surface area contributed by atoms with E-state index >= 15 is 0 Å². The molecule has 1 atom stereocenters. The molecular weight excluding hydrogens is 353 g/mol. The first-order valence-electron chi connectivity index (χ1n) is 8.02. The average Bonchev–Trinajstić information content (AvgIpc) is 2.56. The molecule has 3 nitrogen and oxygen atoms in total. The molecule has 136 valence electrons. The molecule has 0 fully saturated rings. The summed E-state index contributed by atoms with van der Waals surface area (Å²) < 4.78 is 41.3. The van der Waals surface area contributed by atoms with E-state index in [0.717, 1.165) is 6.92 Å². The number of aromatic amines is 1. The van der Waals surface area contributed by atoms with E-state index in [1.807, 2.05) is 0 Å². The summed E-state index contributed by atoms with van der Waals surface area (Å²) in [6.07, 6.45) is -0.723. The van der Waals surface area contributed by atoms with Crippen molar-refractivity contribution in [1.82, 2.24) is 4.98 Å². The molecular formula is C18H20ClF3N2O. The topological polar surface area (TPSA) is 44.9 Å². The Hall–Kier alpha value is -1.95. The van der Waals surface area contributed by atoms with Crippen LogP contribution in [0.5, 0.6) is 0 Å². The lowest BCUT2D eigenvalue weighted by molar-refractivity contribution is -0.173. The Balaban J connectivity index is 0.000000511. The number of aromatic nitrogens is 1. The lowest BCUT2D eigenvalue weighted by atomic mass is 9.72. The summed E-state index contributed by atoms with van der Waals surface area (Å²) in [6.45, 7) is 5.42. The van der Waals surface area contributed by atoms with Gasteiger partial charge in [-0.1, -0.05) is 38.3 Å². The number of rotatable bonds is 1. The highest BCUT2D eigenvalue weighted by atomic mass is 35.5. The highest BCUT2D eigenvalue weighted by Gasteiger charge is 2.57. The smallest absolute Gasteiger partial charge is 0.351 e. The molecule has 0 saturated carbocycles. The largest absolute Gasteiger partial charge is 0.402 e. The van der Waals surface area contributed by atoms with Crippen LogP contribution in [0.25, 0.3) is 0 Å². The van der Waals surface area contributed by atoms with Crippen molar-refractivity contribution < 1.29 is 13.2 Å². The van der Waals surface area contributed by atoms with Crippen molar-refractivity contribution >= 4 is 23.0 Å². The standard InChI is InChI=1S/C14H10ClF3N2O.C4H10/c1-13(14(16,17)18)8-4-5-19-12(21)11(8)20-10-3-2-7(15)6-9(10)13;1-3-4-2/h2-6,20H,1H3,(H,19,21);3-4H2,1-2H3. The van der Waals surface area contributed by atoms with Gasteiger partial charge in [0.05, 0.1) is 0 Å². The second-order valence-corrected chi connectivity index (χ2v) is 6.47. The first-order chi connectivity index (χ1) is 11.7. The first kappa shape index (κ1) is 19.4. The summed E-state index contributed by atoms with van der Waals surface area (Å²) in [7, 11) is 0. The van der Waals surface area contributed by atoms with E-state index in [0.29, 0.717) is 0 Å². The van der Waals surface area contributed by atoms with Gasteiger partial charge in [0.1, 0.15) is 11.1 Å². The minimum Gasteiger partial charge on any atom is -0.351 e. The fourth-order valence-electron chi connectivity index (χ4n) is 2.64. The van der Waals surface area contributed by atoms with Crippen molar-refractivity contribution in [3.8, 4) is 0 Å². The predicted octanol–water partition coefficient (Wildman–Crippen LogP) is 5.76. The summed E-state index contributed by atoms with van der Waals surface area (Å²) >= 11 is 5.85. The van der Waals surface area contributed by atoms with Crippen molar-refractivity contribution in [2.45, 2.75) is 45.2 Å². The normalized spacial score (nSPS) is 18.4. The van der Waals surface area contributed by atoms with Gasteiger partial charge in [0, 0.05) is 22.5 Å². The Labute approximate surface area is 149 Å². The zero-order chi connectivity index (χ0) is 18.8. The highest BCUT2D eigenvalue weighted by molar-refractivity contribution is 6.30. The highest BCUT2D eigenvalue weighted by Crippen LogP contribution is 2.53. The van der Waals surface area contributed by atoms with E-state index in [9.17, 15) is 18.0 Å². The molecule has 0 radical (unpaired) electrons. The zero-order valence-corrected chi connectivity index (χ0v) is 15.0. The van der Waals surface area contributed by atoms with Gasteiger partial charge in [-0.3, -0.25) is 4.79 Å². The number of H-pyrrole nitrogens is 1. The third-order valence-electron chi connectivity index (χ3n) is 4.35. The van der Waals surface area contributed by atoms with Gasteiger partial charge in [0.25, 0.3) is 5.56 Å². The number of benzene rings is 1. The molecule has 1 aliphatic rings. The molecule has 2 heterocycles. The Morgan fingerprint density at radius 2 is 1.76 bits per heavy atom. The zero-order valence-electron chi connectivity index (χ0n) is 14.2. The molecule has 2 N–H and O–H groups in total. The summed E-state index contributed by atoms with van der Waals surface area (Å²) in [5, 5.41) is 2.97. The Bertz CT molecular complexity index is 815. The molecule has 3 rings (SSSR count). The molecule has 1 aliphatic heterocycles. The number of nitrogens with one attached hydrogen (secondary N) is 2. The fourth-order valence-corrected chi connectivity index (χ4v) is 2.82. The maximum atomic E-state index is 13.8. The van der Waals surface area contributed by atoms with Crippen LogP contribution in [0, 0.1) is 0 Å². The summed E-state index contributed by atoms with van der Waals surface area (Å²) in [6, 6.07) is 5.46. The van der Waals surface area contributed by atoms with Crippen LogP contribution in [0.4, 0.5) is 24.5 Å². The number of hydrogen-bond donors (Lipinski definition) is 2. The van der Waals surface area contributed by atoms with Crippen LogP contribution in [-0.2, 0) is 5.41 Å². The van der Waals surface area contributed by atoms with Crippen molar-refractivity contribution in [3.63, 3.8) is 0 Å². The summed E-state index contributed by atoms with van der Waals surface area (Å²) in [5.41, 5.74) is -2.88. The van der Waals surface area contributed by atoms with Crippen LogP contribution in [0.2, 0.25) is 5.02 Å². The minimum absolute atomic E-state index is 0.000556. The van der Waals surface area contributed by atoms with E-state index < -0.39 is 17.2 Å². The molecule has 25 heavy (non-hydrogen) atoms. The third-order valence-corrected chi connectivity index (χ3v) is 4.58. The van der Waals surface area contributed by atoms with Crippen molar-refractivity contribution in [1.29, 1.82) is 0 Å². The van der Waals surface area contributed by atoms with E-state index in [1.54, 1.807) is 0 Å². The van der Waals surface area contributed by atoms with Gasteiger partial charge in [-0.15, -0.1) is 0 Å². The van der Waals surface area contributed by atoms with Gasteiger partial charge >= 0.3 is 6.18 Å². The molecule has 0 amide bonds. The van der Waals surface area contributed by atoms with Crippen LogP contribution in [0.15, 0.2) is 35.3 Å². The van der Waals surface area contributed by atoms with Crippen LogP contribution < -0.4 is 10.9 Å². The second kappa shape index (κ2) is 7.12. The maximum Gasteiger partial charge on any atom is 0.402 e. The second-order valence-electron chi connectivity index (χ2n) is 6.03. The van der Waals surface area contributed by atoms with Crippen molar-refractivity contribution in [3.05, 3.63) is 57.0 Å². The van der Waals surface area contributed by atoms with Crippen LogP contribution in [0.3, 0.4) is 0 Å². The lowest BCUT2D eigenvalue weighted by Gasteiger charge is -2.39. The Morgan fingerprint density at radius 1 is 1.12 bits per heavy atom. The number of fused-ring (bicyclic) bond motifs is 2. The van der Waals surface area contributed by atoms with Gasteiger partial charge in [-0.2, -0.15) is 13.2 Å². The lowest BCUT2D eigenvalue weighted by Crippen LogP contribution is -2.44. The van der Waals surface area contributed by atoms with Gasteiger partial charge in [-0.05, 0) is 36.8 Å². The number of hydrogen-bond acceptors (Lipinski definition) is 2. The molecule has 1 unspecified atom stereocenters. The Morgan fingerprint density at radius 3 is 2.32 bits per heavy atom. The van der Waals surface area contributed by atoms with E-state index in [1.165, 1.54) is 43.3 Å². The molecule has 0 spiro atoms. The quantitative estimate of drug-likeness (QED) is 0.668. The van der Waals surface area contributed by atoms with Crippen molar-refractivity contribution in [2.75, 3.05) is 5.32 Å². The first-order valence-corrected chi connectivity index (χ1v) is 8.40. The summed E-state index contributed by atoms with van der Waals surface area (Å²) in [4.78, 5) is 14.2. The molecule has 1 aromatic carbocycles. The number of unbranched alkanes of at least 4 members (excludes halogenated alkanes) is 1. The molecule has 7 heteroatoms. The van der Waals surface area contributed by atoms with Gasteiger partial charge in [-0.25, -0.2) is 0 Å². The van der Waals surface area contributed by atoms with E-state index in [-0.39, 0.29) is 27.5 Å². The van der Waals surface area contributed by atoms with E-state index in [4.69, 9.17) is 11.6 Å². The van der Waals surface area contributed by atoms with Crippen LogP contribution in [0.1, 0.15) is 44.7 Å². The maximum absolute atomic E-state index is 13.8. The number of alkyl halides is 3. The molecule has 0 saturated heterocycles. The molecule has 2 aromatic rings.